The Hall–Kier alpha value is -3.10. The summed E-state index contributed by atoms with van der Waals surface area (Å²) in [5.74, 6) is 1.43. The van der Waals surface area contributed by atoms with Crippen LogP contribution in [0.25, 0.3) is 0 Å². The van der Waals surface area contributed by atoms with Gasteiger partial charge in [0.25, 0.3) is 0 Å². The molecule has 0 aliphatic carbocycles. The molecule has 0 saturated carbocycles. The van der Waals surface area contributed by atoms with Crippen molar-refractivity contribution in [1.82, 2.24) is 39.6 Å². The summed E-state index contributed by atoms with van der Waals surface area (Å²) in [6.45, 7) is 2.75. The first-order valence-corrected chi connectivity index (χ1v) is 9.18. The third-order valence-electron chi connectivity index (χ3n) is 4.91. The highest BCUT2D eigenvalue weighted by Crippen LogP contribution is 2.26. The van der Waals surface area contributed by atoms with Crippen molar-refractivity contribution in [2.45, 2.75) is 38.3 Å². The van der Waals surface area contributed by atoms with Crippen molar-refractivity contribution >= 4 is 5.91 Å². The number of rotatable bonds is 6. The van der Waals surface area contributed by atoms with Crippen molar-refractivity contribution in [3.05, 3.63) is 54.6 Å². The molecule has 0 bridgehead atoms. The molecule has 1 fully saturated rings. The van der Waals surface area contributed by atoms with Crippen LogP contribution in [0.15, 0.2) is 43.2 Å². The van der Waals surface area contributed by atoms with Gasteiger partial charge >= 0.3 is 0 Å². The lowest BCUT2D eigenvalue weighted by Gasteiger charge is -2.32. The number of likely N-dealkylation sites (tertiary alicyclic amines) is 1. The molecule has 1 aliphatic heterocycles. The highest BCUT2D eigenvalue weighted by molar-refractivity contribution is 5.76. The molecule has 0 spiro atoms. The second-order valence-electron chi connectivity index (χ2n) is 6.78. The van der Waals surface area contributed by atoms with Gasteiger partial charge in [0, 0.05) is 50.2 Å². The van der Waals surface area contributed by atoms with Crippen LogP contribution in [-0.2, 0) is 17.9 Å². The fraction of sp³-hybridized carbons (Fsp3) is 0.444. The van der Waals surface area contributed by atoms with Crippen molar-refractivity contribution in [2.75, 3.05) is 13.1 Å². The molecule has 3 aromatic heterocycles. The molecule has 140 valence electrons. The van der Waals surface area contributed by atoms with E-state index in [1.165, 1.54) is 6.33 Å². The molecule has 1 aliphatic rings. The van der Waals surface area contributed by atoms with E-state index >= 15 is 0 Å². The van der Waals surface area contributed by atoms with Crippen LogP contribution >= 0.6 is 0 Å². The molecule has 9 nitrogen and oxygen atoms in total. The van der Waals surface area contributed by atoms with E-state index in [1.807, 2.05) is 29.6 Å². The third kappa shape index (κ3) is 4.18. The van der Waals surface area contributed by atoms with E-state index in [0.29, 0.717) is 19.5 Å². The van der Waals surface area contributed by atoms with Gasteiger partial charge in [-0.1, -0.05) is 6.07 Å². The van der Waals surface area contributed by atoms with E-state index in [2.05, 4.69) is 36.1 Å². The van der Waals surface area contributed by atoms with Crippen LogP contribution in [-0.4, -0.2) is 58.6 Å². The van der Waals surface area contributed by atoms with Gasteiger partial charge in [-0.25, -0.2) is 9.67 Å². The fourth-order valence-corrected chi connectivity index (χ4v) is 3.57. The maximum atomic E-state index is 12.6. The minimum atomic E-state index is 0.139. The van der Waals surface area contributed by atoms with E-state index in [0.717, 1.165) is 37.3 Å². The molecule has 0 radical (unpaired) electrons. The van der Waals surface area contributed by atoms with E-state index < -0.39 is 0 Å². The summed E-state index contributed by atoms with van der Waals surface area (Å²) in [6, 6.07) is 4.00. The van der Waals surface area contributed by atoms with E-state index in [-0.39, 0.29) is 11.8 Å². The number of tetrazole rings is 1. The van der Waals surface area contributed by atoms with Crippen LogP contribution < -0.4 is 0 Å². The van der Waals surface area contributed by atoms with Crippen LogP contribution in [0.2, 0.25) is 0 Å². The van der Waals surface area contributed by atoms with Gasteiger partial charge in [0.1, 0.15) is 12.2 Å². The van der Waals surface area contributed by atoms with Crippen molar-refractivity contribution < 1.29 is 4.79 Å². The van der Waals surface area contributed by atoms with Crippen molar-refractivity contribution in [1.29, 1.82) is 0 Å². The Kier molecular flexibility index (Phi) is 5.17. The van der Waals surface area contributed by atoms with Crippen LogP contribution in [0.4, 0.5) is 0 Å². The molecular weight excluding hydrogens is 344 g/mol. The Balaban J connectivity index is 1.40. The largest absolute Gasteiger partial charge is 0.342 e. The van der Waals surface area contributed by atoms with Crippen molar-refractivity contribution in [3.8, 4) is 0 Å². The Bertz CT molecular complexity index is 861. The van der Waals surface area contributed by atoms with Crippen LogP contribution in [0.1, 0.15) is 36.6 Å². The highest BCUT2D eigenvalue weighted by atomic mass is 16.2. The van der Waals surface area contributed by atoms with E-state index in [9.17, 15) is 4.79 Å². The van der Waals surface area contributed by atoms with Gasteiger partial charge in [0.05, 0.1) is 13.1 Å². The minimum absolute atomic E-state index is 0.139. The summed E-state index contributed by atoms with van der Waals surface area (Å²) < 4.78 is 3.75. The number of aromatic nitrogens is 7. The fourth-order valence-electron chi connectivity index (χ4n) is 3.57. The molecule has 4 rings (SSSR count). The number of nitrogens with zero attached hydrogens (tertiary/aromatic N) is 8. The van der Waals surface area contributed by atoms with Gasteiger partial charge in [-0.2, -0.15) is 0 Å². The molecule has 0 N–H and O–H groups in total. The molecule has 3 aromatic rings. The SMILES string of the molecule is O=C(CCn1cnnn1)N1CCCC(c2nccn2Cc2cccnc2)C1. The zero-order chi connectivity index (χ0) is 18.5. The Morgan fingerprint density at radius 3 is 3.07 bits per heavy atom. The number of carbonyl (C=O) groups excluding carboxylic acids is 1. The highest BCUT2D eigenvalue weighted by Gasteiger charge is 2.27. The first kappa shape index (κ1) is 17.3. The summed E-state index contributed by atoms with van der Waals surface area (Å²) in [6.07, 6.45) is 11.5. The Morgan fingerprint density at radius 2 is 2.26 bits per heavy atom. The van der Waals surface area contributed by atoms with Gasteiger partial charge in [0.2, 0.25) is 5.91 Å². The van der Waals surface area contributed by atoms with E-state index in [1.54, 1.807) is 10.9 Å². The number of piperidine rings is 1. The van der Waals surface area contributed by atoms with Crippen molar-refractivity contribution in [3.63, 3.8) is 0 Å². The van der Waals surface area contributed by atoms with Gasteiger partial charge in [0.15, 0.2) is 0 Å². The standard InChI is InChI=1S/C18H22N8O/c27-17(5-9-26-14-21-22-23-26)24-8-2-4-16(13-24)18-20-7-10-25(18)12-15-3-1-6-19-11-15/h1,3,6-7,10-11,14,16H,2,4-5,8-9,12-13H2. The van der Waals surface area contributed by atoms with Crippen LogP contribution in [0, 0.1) is 0 Å². The lowest BCUT2D eigenvalue weighted by Crippen LogP contribution is -2.40. The zero-order valence-electron chi connectivity index (χ0n) is 15.1. The van der Waals surface area contributed by atoms with Gasteiger partial charge in [-0.15, -0.1) is 5.10 Å². The number of imidazole rings is 1. The average Bonchev–Trinajstić information content (AvgIpc) is 3.39. The summed E-state index contributed by atoms with van der Waals surface area (Å²) in [4.78, 5) is 23.3. The molecule has 27 heavy (non-hydrogen) atoms. The summed E-state index contributed by atoms with van der Waals surface area (Å²) in [5.41, 5.74) is 1.14. The first-order chi connectivity index (χ1) is 13.3. The number of aryl methyl sites for hydroxylation is 1. The van der Waals surface area contributed by atoms with Crippen molar-refractivity contribution in [2.24, 2.45) is 0 Å². The molecular formula is C18H22N8O. The van der Waals surface area contributed by atoms with Crippen LogP contribution in [0.3, 0.4) is 0 Å². The normalized spacial score (nSPS) is 17.2. The van der Waals surface area contributed by atoms with Gasteiger partial charge in [-0.3, -0.25) is 9.78 Å². The monoisotopic (exact) mass is 366 g/mol. The zero-order valence-corrected chi connectivity index (χ0v) is 15.1. The summed E-state index contributed by atoms with van der Waals surface area (Å²) in [7, 11) is 0. The Labute approximate surface area is 157 Å². The molecule has 1 atom stereocenters. The maximum Gasteiger partial charge on any atom is 0.224 e. The third-order valence-corrected chi connectivity index (χ3v) is 4.91. The lowest BCUT2D eigenvalue weighted by molar-refractivity contribution is -0.132. The van der Waals surface area contributed by atoms with Gasteiger partial charge < -0.3 is 9.47 Å². The molecule has 1 amide bonds. The number of hydrogen-bond donors (Lipinski definition) is 0. The van der Waals surface area contributed by atoms with E-state index in [4.69, 9.17) is 0 Å². The minimum Gasteiger partial charge on any atom is -0.342 e. The van der Waals surface area contributed by atoms with Gasteiger partial charge in [-0.05, 0) is 34.9 Å². The number of hydrogen-bond acceptors (Lipinski definition) is 6. The van der Waals surface area contributed by atoms with Crippen LogP contribution in [0.5, 0.6) is 0 Å². The second kappa shape index (κ2) is 8.07. The quantitative estimate of drug-likeness (QED) is 0.649. The number of amides is 1. The lowest BCUT2D eigenvalue weighted by atomic mass is 9.96. The molecule has 1 unspecified atom stereocenters. The molecule has 0 aromatic carbocycles. The molecule has 9 heteroatoms. The summed E-state index contributed by atoms with van der Waals surface area (Å²) >= 11 is 0. The Morgan fingerprint density at radius 1 is 1.30 bits per heavy atom. The predicted molar refractivity (Wildman–Crippen MR) is 96.6 cm³/mol. The number of pyridine rings is 1. The molecule has 4 heterocycles. The number of carbonyl (C=O) groups is 1. The smallest absolute Gasteiger partial charge is 0.224 e. The molecule has 1 saturated heterocycles. The second-order valence-corrected chi connectivity index (χ2v) is 6.78. The summed E-state index contributed by atoms with van der Waals surface area (Å²) in [5, 5.41) is 11.0. The average molecular weight is 366 g/mol. The first-order valence-electron chi connectivity index (χ1n) is 9.18. The maximum absolute atomic E-state index is 12.6. The topological polar surface area (TPSA) is 94.6 Å². The predicted octanol–water partition coefficient (Wildman–Crippen LogP) is 1.11.